The summed E-state index contributed by atoms with van der Waals surface area (Å²) in [6.45, 7) is 0.829. The number of anilines is 1. The van der Waals surface area contributed by atoms with Gasteiger partial charge in [0.1, 0.15) is 12.4 Å². The fourth-order valence-corrected chi connectivity index (χ4v) is 1.48. The Balaban J connectivity index is 2.58. The predicted octanol–water partition coefficient (Wildman–Crippen LogP) is 0.417. The molecule has 0 heterocycles. The minimum Gasteiger partial charge on any atom is -0.274 e. The van der Waals surface area contributed by atoms with Gasteiger partial charge in [0.05, 0.1) is 0 Å². The molecule has 1 aromatic rings. The van der Waals surface area contributed by atoms with E-state index >= 15 is 0 Å². The van der Waals surface area contributed by atoms with Crippen molar-refractivity contribution in [3.8, 4) is 0 Å². The lowest BCUT2D eigenvalue weighted by Crippen LogP contribution is -2.77. The van der Waals surface area contributed by atoms with Crippen LogP contribution < -0.4 is 10.3 Å². The largest absolute Gasteiger partial charge is 0.309 e. The van der Waals surface area contributed by atoms with Crippen LogP contribution in [0.4, 0.5) is 5.69 Å². The molecule has 0 aliphatic carbocycles. The van der Waals surface area contributed by atoms with Crippen molar-refractivity contribution in [1.29, 1.82) is 0 Å². The summed E-state index contributed by atoms with van der Waals surface area (Å²) >= 11 is 1.67. The van der Waals surface area contributed by atoms with Crippen LogP contribution in [0.1, 0.15) is 0 Å². The van der Waals surface area contributed by atoms with E-state index in [-0.39, 0.29) is 0 Å². The molecule has 0 aliphatic rings. The van der Waals surface area contributed by atoms with Crippen LogP contribution in [0.3, 0.4) is 0 Å². The predicted molar refractivity (Wildman–Crippen MR) is 68.1 cm³/mol. The fraction of sp³-hybridized carbons (Fsp3) is 0.364. The normalized spacial score (nSPS) is 11.9. The van der Waals surface area contributed by atoms with Crippen LogP contribution in [0.5, 0.6) is 0 Å². The third-order valence-electron chi connectivity index (χ3n) is 1.79. The number of amidine groups is 1. The molecule has 1 aromatic carbocycles. The van der Waals surface area contributed by atoms with Gasteiger partial charge in [-0.1, -0.05) is 18.2 Å². The summed E-state index contributed by atoms with van der Waals surface area (Å²) in [7, 11) is 4.07. The maximum absolute atomic E-state index is 3.33. The van der Waals surface area contributed by atoms with Gasteiger partial charge in [-0.2, -0.15) is 0 Å². The Morgan fingerprint density at radius 2 is 2.00 bits per heavy atom. The smallest absolute Gasteiger partial charge is 0.274 e. The quantitative estimate of drug-likeness (QED) is 0.443. The molecular weight excluding hydrogens is 206 g/mol. The van der Waals surface area contributed by atoms with Crippen LogP contribution in [-0.4, -0.2) is 37.1 Å². The molecule has 0 amide bonds. The van der Waals surface area contributed by atoms with E-state index in [1.165, 1.54) is 0 Å². The van der Waals surface area contributed by atoms with E-state index in [1.54, 1.807) is 11.8 Å². The third kappa shape index (κ3) is 4.85. The number of nitrogens with one attached hydrogen (secondary N) is 2. The Bertz CT molecular complexity index is 309. The average molecular weight is 224 g/mol. The third-order valence-corrected chi connectivity index (χ3v) is 2.45. The average Bonchev–Trinajstić information content (AvgIpc) is 2.25. The van der Waals surface area contributed by atoms with Gasteiger partial charge in [-0.15, -0.1) is 0 Å². The number of rotatable bonds is 3. The molecule has 4 heteroatoms. The first-order valence-corrected chi connectivity index (χ1v) is 6.06. The summed E-state index contributed by atoms with van der Waals surface area (Å²) in [6, 6.07) is 10.1. The van der Waals surface area contributed by atoms with Gasteiger partial charge in [-0.05, 0) is 44.2 Å². The van der Waals surface area contributed by atoms with Crippen LogP contribution in [0, 0.1) is 0 Å². The van der Waals surface area contributed by atoms with E-state index in [9.17, 15) is 0 Å². The second kappa shape index (κ2) is 6.48. The molecule has 0 saturated carbocycles. The van der Waals surface area contributed by atoms with E-state index in [4.69, 9.17) is 0 Å². The van der Waals surface area contributed by atoms with Crippen molar-refractivity contribution in [2.45, 2.75) is 0 Å². The summed E-state index contributed by atoms with van der Waals surface area (Å²) in [4.78, 5) is 5.40. The number of nitrogens with zero attached hydrogens (tertiary/aromatic N) is 1. The van der Waals surface area contributed by atoms with Crippen molar-refractivity contribution < 1.29 is 4.99 Å². The van der Waals surface area contributed by atoms with E-state index in [0.29, 0.717) is 0 Å². The molecule has 2 N–H and O–H groups in total. The standard InChI is InChI=1S/C11H17N3S/c1-14(2)9-12-11(15-3)13-10-7-5-4-6-8-10/h4-8H,9H2,1-3H3,(H,12,13)/p+1. The molecule has 15 heavy (non-hydrogen) atoms. The van der Waals surface area contributed by atoms with E-state index in [0.717, 1.165) is 17.5 Å². The zero-order valence-corrected chi connectivity index (χ0v) is 10.3. The molecule has 0 spiro atoms. The Morgan fingerprint density at radius 1 is 1.33 bits per heavy atom. The minimum absolute atomic E-state index is 0.829. The maximum Gasteiger partial charge on any atom is 0.309 e. The van der Waals surface area contributed by atoms with Gasteiger partial charge in [-0.25, -0.2) is 5.32 Å². The molecule has 0 radical (unpaired) electrons. The van der Waals surface area contributed by atoms with Crippen molar-refractivity contribution in [3.05, 3.63) is 30.3 Å². The first kappa shape index (κ1) is 12.1. The van der Waals surface area contributed by atoms with Crippen molar-refractivity contribution in [2.24, 2.45) is 0 Å². The van der Waals surface area contributed by atoms with Gasteiger partial charge in [-0.3, -0.25) is 9.89 Å². The van der Waals surface area contributed by atoms with Crippen molar-refractivity contribution in [3.63, 3.8) is 0 Å². The molecule has 0 unspecified atom stereocenters. The first-order valence-electron chi connectivity index (χ1n) is 4.84. The van der Waals surface area contributed by atoms with E-state index < -0.39 is 0 Å². The Kier molecular flexibility index (Phi) is 5.21. The second-order valence-electron chi connectivity index (χ2n) is 3.44. The first-order chi connectivity index (χ1) is 7.22. The highest BCUT2D eigenvalue weighted by Crippen LogP contribution is 2.06. The lowest BCUT2D eigenvalue weighted by Gasteiger charge is -2.04. The molecule has 0 saturated heterocycles. The number of thioether (sulfide) groups is 1. The Hall–Kier alpha value is -1.00. The van der Waals surface area contributed by atoms with Gasteiger partial charge in [0.15, 0.2) is 0 Å². The summed E-state index contributed by atoms with van der Waals surface area (Å²) < 4.78 is 0. The molecule has 0 bridgehead atoms. The maximum atomic E-state index is 3.33. The topological polar surface area (TPSA) is 29.2 Å². The van der Waals surface area contributed by atoms with Gasteiger partial charge in [0, 0.05) is 0 Å². The molecular formula is C11H18N3S+. The SMILES string of the molecule is CSC(Nc1ccccc1)=[NH+]CN(C)C. The lowest BCUT2D eigenvalue weighted by molar-refractivity contribution is -0.477. The molecule has 82 valence electrons. The molecule has 0 fully saturated rings. The monoisotopic (exact) mass is 224 g/mol. The zero-order valence-electron chi connectivity index (χ0n) is 9.45. The molecule has 0 aromatic heterocycles. The summed E-state index contributed by atoms with van der Waals surface area (Å²) in [5, 5.41) is 4.39. The Morgan fingerprint density at radius 3 is 2.53 bits per heavy atom. The lowest BCUT2D eigenvalue weighted by atomic mass is 10.3. The van der Waals surface area contributed by atoms with Crippen molar-refractivity contribution in [2.75, 3.05) is 32.3 Å². The molecule has 1 rings (SSSR count). The number of benzene rings is 1. The minimum atomic E-state index is 0.829. The van der Waals surface area contributed by atoms with Crippen LogP contribution in [-0.2, 0) is 0 Å². The Labute approximate surface area is 95.6 Å². The van der Waals surface area contributed by atoms with Crippen LogP contribution in [0.2, 0.25) is 0 Å². The number of hydrogen-bond donors (Lipinski definition) is 2. The number of para-hydroxylation sites is 1. The van der Waals surface area contributed by atoms with E-state index in [2.05, 4.69) is 15.2 Å². The summed E-state index contributed by atoms with van der Waals surface area (Å²) in [6.07, 6.45) is 2.05. The van der Waals surface area contributed by atoms with Gasteiger partial charge in [0.2, 0.25) is 0 Å². The van der Waals surface area contributed by atoms with Crippen molar-refractivity contribution in [1.82, 2.24) is 4.90 Å². The van der Waals surface area contributed by atoms with Crippen molar-refractivity contribution >= 4 is 22.6 Å². The highest BCUT2D eigenvalue weighted by Gasteiger charge is 2.04. The van der Waals surface area contributed by atoms with Gasteiger partial charge < -0.3 is 0 Å². The van der Waals surface area contributed by atoms with Gasteiger partial charge >= 0.3 is 5.17 Å². The summed E-state index contributed by atoms with van der Waals surface area (Å²) in [5.74, 6) is 0. The fourth-order valence-electron chi connectivity index (χ4n) is 1.05. The number of hydrogen-bond acceptors (Lipinski definition) is 2. The zero-order chi connectivity index (χ0) is 11.1. The highest BCUT2D eigenvalue weighted by molar-refractivity contribution is 8.13. The molecule has 0 atom stereocenters. The van der Waals surface area contributed by atoms with Crippen LogP contribution in [0.15, 0.2) is 30.3 Å². The van der Waals surface area contributed by atoms with Crippen LogP contribution >= 0.6 is 11.8 Å². The highest BCUT2D eigenvalue weighted by atomic mass is 32.2. The summed E-state index contributed by atoms with van der Waals surface area (Å²) in [5.41, 5.74) is 1.10. The molecule has 3 nitrogen and oxygen atoms in total. The second-order valence-corrected chi connectivity index (χ2v) is 4.26. The molecule has 0 aliphatic heterocycles. The van der Waals surface area contributed by atoms with Gasteiger partial charge in [0.25, 0.3) is 0 Å². The van der Waals surface area contributed by atoms with Crippen LogP contribution in [0.25, 0.3) is 0 Å². The van der Waals surface area contributed by atoms with E-state index in [1.807, 2.05) is 50.7 Å².